The van der Waals surface area contributed by atoms with Crippen molar-refractivity contribution < 1.29 is 0 Å². The third-order valence-corrected chi connectivity index (χ3v) is 3.80. The molecule has 2 aliphatic rings. The average Bonchev–Trinajstić information content (AvgIpc) is 1.87. The number of rotatable bonds is 0. The third-order valence-electron chi connectivity index (χ3n) is 2.40. The SMILES string of the molecule is C1CSCC2(C1)CNC2. The summed E-state index contributed by atoms with van der Waals surface area (Å²) in [6.07, 6.45) is 2.93. The first-order valence-electron chi connectivity index (χ1n) is 3.70. The van der Waals surface area contributed by atoms with Gasteiger partial charge in [0.1, 0.15) is 0 Å². The Hall–Kier alpha value is 0.310. The molecular formula is C7H13NS. The summed E-state index contributed by atoms with van der Waals surface area (Å²) in [4.78, 5) is 0. The van der Waals surface area contributed by atoms with E-state index < -0.39 is 0 Å². The molecule has 0 aliphatic carbocycles. The number of nitrogens with one attached hydrogen (secondary N) is 1. The van der Waals surface area contributed by atoms with E-state index >= 15 is 0 Å². The van der Waals surface area contributed by atoms with E-state index in [9.17, 15) is 0 Å². The highest BCUT2D eigenvalue weighted by molar-refractivity contribution is 7.99. The Morgan fingerprint density at radius 1 is 1.33 bits per heavy atom. The minimum absolute atomic E-state index is 0.753. The van der Waals surface area contributed by atoms with Crippen LogP contribution in [-0.2, 0) is 0 Å². The van der Waals surface area contributed by atoms with Crippen molar-refractivity contribution in [2.75, 3.05) is 24.6 Å². The summed E-state index contributed by atoms with van der Waals surface area (Å²) in [5, 5.41) is 3.36. The maximum Gasteiger partial charge on any atom is 0.00433 e. The van der Waals surface area contributed by atoms with Crippen LogP contribution in [0, 0.1) is 5.41 Å². The van der Waals surface area contributed by atoms with Crippen LogP contribution < -0.4 is 5.32 Å². The third kappa shape index (κ3) is 0.987. The topological polar surface area (TPSA) is 12.0 Å². The molecule has 0 unspecified atom stereocenters. The minimum Gasteiger partial charge on any atom is -0.315 e. The molecule has 2 aliphatic heterocycles. The highest BCUT2D eigenvalue weighted by Gasteiger charge is 2.37. The Bertz CT molecular complexity index is 101. The summed E-state index contributed by atoms with van der Waals surface area (Å²) in [6, 6.07) is 0. The summed E-state index contributed by atoms with van der Waals surface area (Å²) in [5.74, 6) is 2.82. The van der Waals surface area contributed by atoms with E-state index in [1.807, 2.05) is 0 Å². The van der Waals surface area contributed by atoms with Crippen molar-refractivity contribution in [2.24, 2.45) is 5.41 Å². The molecule has 1 spiro atoms. The number of thioether (sulfide) groups is 1. The van der Waals surface area contributed by atoms with Crippen LogP contribution >= 0.6 is 11.8 Å². The van der Waals surface area contributed by atoms with Gasteiger partial charge in [-0.15, -0.1) is 0 Å². The van der Waals surface area contributed by atoms with Crippen LogP contribution in [0.15, 0.2) is 0 Å². The molecule has 0 radical (unpaired) electrons. The fourth-order valence-corrected chi connectivity index (χ4v) is 2.94. The highest BCUT2D eigenvalue weighted by atomic mass is 32.2. The van der Waals surface area contributed by atoms with Gasteiger partial charge >= 0.3 is 0 Å². The molecule has 0 saturated carbocycles. The molecule has 2 fully saturated rings. The zero-order valence-electron chi connectivity index (χ0n) is 5.65. The number of hydrogen-bond donors (Lipinski definition) is 1. The van der Waals surface area contributed by atoms with Crippen molar-refractivity contribution >= 4 is 11.8 Å². The fourth-order valence-electron chi connectivity index (χ4n) is 1.67. The van der Waals surface area contributed by atoms with Crippen LogP contribution in [0.3, 0.4) is 0 Å². The van der Waals surface area contributed by atoms with Crippen molar-refractivity contribution in [2.45, 2.75) is 12.8 Å². The summed E-state index contributed by atoms with van der Waals surface area (Å²) >= 11 is 2.14. The van der Waals surface area contributed by atoms with Gasteiger partial charge in [0.25, 0.3) is 0 Å². The van der Waals surface area contributed by atoms with Gasteiger partial charge in [-0.05, 0) is 18.6 Å². The predicted octanol–water partition coefficient (Wildman–Crippen LogP) is 1.10. The fraction of sp³-hybridized carbons (Fsp3) is 1.00. The lowest BCUT2D eigenvalue weighted by atomic mass is 9.79. The smallest absolute Gasteiger partial charge is 0.00433 e. The van der Waals surface area contributed by atoms with Gasteiger partial charge in [0.05, 0.1) is 0 Å². The van der Waals surface area contributed by atoms with Crippen LogP contribution in [0.1, 0.15) is 12.8 Å². The maximum absolute atomic E-state index is 3.36. The van der Waals surface area contributed by atoms with Crippen LogP contribution in [0.2, 0.25) is 0 Å². The van der Waals surface area contributed by atoms with Crippen LogP contribution in [-0.4, -0.2) is 24.6 Å². The summed E-state index contributed by atoms with van der Waals surface area (Å²) in [5.41, 5.74) is 0.753. The van der Waals surface area contributed by atoms with Gasteiger partial charge in [-0.2, -0.15) is 11.8 Å². The largest absolute Gasteiger partial charge is 0.315 e. The lowest BCUT2D eigenvalue weighted by Gasteiger charge is -2.45. The Balaban J connectivity index is 1.93. The molecule has 1 N–H and O–H groups in total. The molecule has 2 rings (SSSR count). The van der Waals surface area contributed by atoms with Gasteiger partial charge in [0.2, 0.25) is 0 Å². The number of hydrogen-bond acceptors (Lipinski definition) is 2. The zero-order valence-corrected chi connectivity index (χ0v) is 6.47. The second kappa shape index (κ2) is 2.17. The molecule has 9 heavy (non-hydrogen) atoms. The molecular weight excluding hydrogens is 130 g/mol. The molecule has 52 valence electrons. The van der Waals surface area contributed by atoms with Crippen molar-refractivity contribution in [1.29, 1.82) is 0 Å². The molecule has 0 atom stereocenters. The van der Waals surface area contributed by atoms with Gasteiger partial charge in [0.15, 0.2) is 0 Å². The van der Waals surface area contributed by atoms with E-state index in [0.29, 0.717) is 0 Å². The van der Waals surface area contributed by atoms with E-state index in [1.54, 1.807) is 0 Å². The summed E-state index contributed by atoms with van der Waals surface area (Å²) in [7, 11) is 0. The molecule has 0 amide bonds. The van der Waals surface area contributed by atoms with Gasteiger partial charge in [-0.1, -0.05) is 0 Å². The second-order valence-electron chi connectivity index (χ2n) is 3.26. The molecule has 0 aromatic rings. The Morgan fingerprint density at radius 2 is 2.22 bits per heavy atom. The van der Waals surface area contributed by atoms with Crippen LogP contribution in [0.4, 0.5) is 0 Å². The Kier molecular flexibility index (Phi) is 1.46. The molecule has 1 nitrogen and oxygen atoms in total. The quantitative estimate of drug-likeness (QED) is 0.545. The molecule has 0 aromatic heterocycles. The van der Waals surface area contributed by atoms with E-state index in [0.717, 1.165) is 5.41 Å². The van der Waals surface area contributed by atoms with Crippen molar-refractivity contribution in [3.8, 4) is 0 Å². The first kappa shape index (κ1) is 6.05. The molecule has 2 saturated heterocycles. The lowest BCUT2D eigenvalue weighted by molar-refractivity contribution is 0.181. The Morgan fingerprint density at radius 3 is 2.56 bits per heavy atom. The standard InChI is InChI=1S/C7H13NS/c1-2-7(4-8-5-7)6-9-3-1/h8H,1-6H2. The minimum atomic E-state index is 0.753. The summed E-state index contributed by atoms with van der Waals surface area (Å²) in [6.45, 7) is 2.58. The normalized spacial score (nSPS) is 32.0. The highest BCUT2D eigenvalue weighted by Crippen LogP contribution is 2.37. The predicted molar refractivity (Wildman–Crippen MR) is 41.9 cm³/mol. The molecule has 2 heterocycles. The monoisotopic (exact) mass is 143 g/mol. The van der Waals surface area contributed by atoms with E-state index in [-0.39, 0.29) is 0 Å². The van der Waals surface area contributed by atoms with E-state index in [4.69, 9.17) is 0 Å². The Labute approximate surface area is 60.6 Å². The lowest BCUT2D eigenvalue weighted by Crippen LogP contribution is -2.55. The first-order chi connectivity index (χ1) is 4.41. The summed E-state index contributed by atoms with van der Waals surface area (Å²) < 4.78 is 0. The molecule has 0 aromatic carbocycles. The average molecular weight is 143 g/mol. The van der Waals surface area contributed by atoms with Crippen molar-refractivity contribution in [3.63, 3.8) is 0 Å². The van der Waals surface area contributed by atoms with E-state index in [1.165, 1.54) is 37.4 Å². The van der Waals surface area contributed by atoms with Gasteiger partial charge < -0.3 is 5.32 Å². The zero-order chi connectivity index (χ0) is 6.16. The first-order valence-corrected chi connectivity index (χ1v) is 4.85. The van der Waals surface area contributed by atoms with Crippen molar-refractivity contribution in [1.82, 2.24) is 5.32 Å². The van der Waals surface area contributed by atoms with Gasteiger partial charge in [-0.3, -0.25) is 0 Å². The van der Waals surface area contributed by atoms with Gasteiger partial charge in [0, 0.05) is 24.3 Å². The van der Waals surface area contributed by atoms with Crippen molar-refractivity contribution in [3.05, 3.63) is 0 Å². The van der Waals surface area contributed by atoms with Crippen LogP contribution in [0.5, 0.6) is 0 Å². The second-order valence-corrected chi connectivity index (χ2v) is 4.36. The maximum atomic E-state index is 3.36. The van der Waals surface area contributed by atoms with E-state index in [2.05, 4.69) is 17.1 Å². The van der Waals surface area contributed by atoms with Gasteiger partial charge in [-0.25, -0.2) is 0 Å². The van der Waals surface area contributed by atoms with Crippen LogP contribution in [0.25, 0.3) is 0 Å². The molecule has 0 bridgehead atoms. The molecule has 2 heteroatoms.